The monoisotopic (exact) mass is 176 g/mol. The maximum Gasteiger partial charge on any atom is 0.249 e. The van der Waals surface area contributed by atoms with Gasteiger partial charge in [0, 0.05) is 14.2 Å². The number of rotatable bonds is 5. The van der Waals surface area contributed by atoms with Gasteiger partial charge in [-0.2, -0.15) is 0 Å². The Morgan fingerprint density at radius 2 is 1.25 bits per heavy atom. The molecule has 0 aromatic rings. The molecule has 4 N–H and O–H groups in total. The highest BCUT2D eigenvalue weighted by atomic mass is 16.5. The van der Waals surface area contributed by atoms with Crippen molar-refractivity contribution in [3.05, 3.63) is 0 Å². The summed E-state index contributed by atoms with van der Waals surface area (Å²) in [6, 6.07) is 0. The zero-order valence-corrected chi connectivity index (χ0v) is 6.94. The van der Waals surface area contributed by atoms with Crippen LogP contribution in [0, 0.1) is 0 Å². The number of methoxy groups -OCH3 is 2. The van der Waals surface area contributed by atoms with Crippen LogP contribution in [0.2, 0.25) is 0 Å². The highest BCUT2D eigenvalue weighted by Crippen LogP contribution is 2.00. The van der Waals surface area contributed by atoms with E-state index >= 15 is 0 Å². The molecule has 0 aromatic carbocycles. The van der Waals surface area contributed by atoms with Gasteiger partial charge in [0.15, 0.2) is 12.2 Å². The van der Waals surface area contributed by atoms with Crippen molar-refractivity contribution in [3.8, 4) is 0 Å². The van der Waals surface area contributed by atoms with Gasteiger partial charge in [0.1, 0.15) is 0 Å². The van der Waals surface area contributed by atoms with E-state index in [9.17, 15) is 9.59 Å². The molecule has 0 bridgehead atoms. The predicted octanol–water partition coefficient (Wildman–Crippen LogP) is -2.01. The van der Waals surface area contributed by atoms with Crippen molar-refractivity contribution >= 4 is 11.8 Å². The fraction of sp³-hybridized carbons (Fsp3) is 0.667. The second-order valence-electron chi connectivity index (χ2n) is 2.12. The Bertz CT molecular complexity index is 162. The van der Waals surface area contributed by atoms with Gasteiger partial charge in [0.05, 0.1) is 0 Å². The summed E-state index contributed by atoms with van der Waals surface area (Å²) in [5.41, 5.74) is 9.82. The SMILES string of the molecule is CO[C@@H](C(N)=O)[C@@H](OC)C(N)=O. The topological polar surface area (TPSA) is 105 Å². The normalized spacial score (nSPS) is 15.2. The summed E-state index contributed by atoms with van der Waals surface area (Å²) in [6.45, 7) is 0. The first kappa shape index (κ1) is 10.9. The summed E-state index contributed by atoms with van der Waals surface area (Å²) in [5.74, 6) is -1.58. The van der Waals surface area contributed by atoms with Crippen LogP contribution >= 0.6 is 0 Å². The average molecular weight is 176 g/mol. The number of nitrogens with two attached hydrogens (primary N) is 2. The van der Waals surface area contributed by atoms with Crippen LogP contribution in [0.4, 0.5) is 0 Å². The highest BCUT2D eigenvalue weighted by molar-refractivity contribution is 5.89. The summed E-state index contributed by atoms with van der Waals surface area (Å²) >= 11 is 0. The molecule has 0 aliphatic carbocycles. The van der Waals surface area contributed by atoms with Gasteiger partial charge in [0.25, 0.3) is 0 Å². The highest BCUT2D eigenvalue weighted by Gasteiger charge is 2.30. The molecule has 12 heavy (non-hydrogen) atoms. The second kappa shape index (κ2) is 4.68. The van der Waals surface area contributed by atoms with Crippen LogP contribution in [-0.4, -0.2) is 38.2 Å². The smallest absolute Gasteiger partial charge is 0.249 e. The van der Waals surface area contributed by atoms with Crippen molar-refractivity contribution in [2.75, 3.05) is 14.2 Å². The van der Waals surface area contributed by atoms with Crippen molar-refractivity contribution < 1.29 is 19.1 Å². The molecule has 2 atom stereocenters. The number of amides is 2. The largest absolute Gasteiger partial charge is 0.368 e. The van der Waals surface area contributed by atoms with Gasteiger partial charge in [0.2, 0.25) is 11.8 Å². The zero-order chi connectivity index (χ0) is 9.72. The molecule has 6 heteroatoms. The Balaban J connectivity index is 4.44. The molecule has 70 valence electrons. The summed E-state index contributed by atoms with van der Waals surface area (Å²) in [4.78, 5) is 21.3. The molecule has 0 saturated heterocycles. The van der Waals surface area contributed by atoms with Crippen LogP contribution in [-0.2, 0) is 19.1 Å². The fourth-order valence-corrected chi connectivity index (χ4v) is 0.778. The van der Waals surface area contributed by atoms with Crippen LogP contribution in [0.1, 0.15) is 0 Å². The Hall–Kier alpha value is -1.14. The van der Waals surface area contributed by atoms with E-state index in [0.717, 1.165) is 0 Å². The first-order valence-electron chi connectivity index (χ1n) is 3.18. The molecule has 2 amide bonds. The molecule has 0 aromatic heterocycles. The molecule has 0 rings (SSSR count). The molecule has 6 nitrogen and oxygen atoms in total. The van der Waals surface area contributed by atoms with Crippen molar-refractivity contribution in [2.45, 2.75) is 12.2 Å². The Kier molecular flexibility index (Phi) is 4.24. The number of carbonyl (C=O) groups is 2. The molecular formula is C6H12N2O4. The number of ether oxygens (including phenoxy) is 2. The predicted molar refractivity (Wildman–Crippen MR) is 40.0 cm³/mol. The number of primary amides is 2. The van der Waals surface area contributed by atoms with Crippen molar-refractivity contribution in [3.63, 3.8) is 0 Å². The molecule has 0 unspecified atom stereocenters. The third kappa shape index (κ3) is 2.48. The van der Waals surface area contributed by atoms with Gasteiger partial charge >= 0.3 is 0 Å². The van der Waals surface area contributed by atoms with Crippen LogP contribution in [0.25, 0.3) is 0 Å². The summed E-state index contributed by atoms with van der Waals surface area (Å²) < 4.78 is 9.25. The average Bonchev–Trinajstić information content (AvgIpc) is 1.98. The Morgan fingerprint density at radius 3 is 1.33 bits per heavy atom. The lowest BCUT2D eigenvalue weighted by Crippen LogP contribution is -2.48. The summed E-state index contributed by atoms with van der Waals surface area (Å²) in [5, 5.41) is 0. The molecule has 0 spiro atoms. The lowest BCUT2D eigenvalue weighted by atomic mass is 10.2. The Morgan fingerprint density at radius 1 is 1.00 bits per heavy atom. The van der Waals surface area contributed by atoms with E-state index in [1.165, 1.54) is 14.2 Å². The van der Waals surface area contributed by atoms with E-state index in [2.05, 4.69) is 9.47 Å². The molecular weight excluding hydrogens is 164 g/mol. The number of hydrogen-bond donors (Lipinski definition) is 2. The van der Waals surface area contributed by atoms with Crippen LogP contribution < -0.4 is 11.5 Å². The van der Waals surface area contributed by atoms with E-state index < -0.39 is 24.0 Å². The minimum Gasteiger partial charge on any atom is -0.368 e. The standard InChI is InChI=1S/C6H12N2O4/c1-11-3(5(7)9)4(12-2)6(8)10/h3-4H,1-2H3,(H2,7,9)(H2,8,10)/t3-,4-/m1/s1. The molecule has 0 heterocycles. The molecule has 0 aliphatic rings. The number of hydrogen-bond acceptors (Lipinski definition) is 4. The van der Waals surface area contributed by atoms with Crippen molar-refractivity contribution in [1.29, 1.82) is 0 Å². The van der Waals surface area contributed by atoms with Crippen LogP contribution in [0.15, 0.2) is 0 Å². The van der Waals surface area contributed by atoms with Gasteiger partial charge in [-0.05, 0) is 0 Å². The quantitative estimate of drug-likeness (QED) is 0.504. The summed E-state index contributed by atoms with van der Waals surface area (Å²) in [7, 11) is 2.48. The second-order valence-corrected chi connectivity index (χ2v) is 2.12. The lowest BCUT2D eigenvalue weighted by Gasteiger charge is -2.18. The first-order valence-corrected chi connectivity index (χ1v) is 3.18. The zero-order valence-electron chi connectivity index (χ0n) is 6.94. The Labute approximate surface area is 69.8 Å². The molecule has 0 aliphatic heterocycles. The van der Waals surface area contributed by atoms with Gasteiger partial charge in [-0.3, -0.25) is 9.59 Å². The first-order chi connectivity index (χ1) is 5.54. The fourth-order valence-electron chi connectivity index (χ4n) is 0.778. The van der Waals surface area contributed by atoms with Crippen LogP contribution in [0.3, 0.4) is 0 Å². The number of carbonyl (C=O) groups excluding carboxylic acids is 2. The molecule has 0 saturated carbocycles. The van der Waals surface area contributed by atoms with Crippen molar-refractivity contribution in [1.82, 2.24) is 0 Å². The minimum atomic E-state index is -1.13. The van der Waals surface area contributed by atoms with E-state index in [1.807, 2.05) is 0 Å². The summed E-state index contributed by atoms with van der Waals surface area (Å²) in [6.07, 6.45) is -2.26. The van der Waals surface area contributed by atoms with Gasteiger partial charge in [-0.15, -0.1) is 0 Å². The van der Waals surface area contributed by atoms with Crippen LogP contribution in [0.5, 0.6) is 0 Å². The molecule has 0 fully saturated rings. The van der Waals surface area contributed by atoms with Gasteiger partial charge < -0.3 is 20.9 Å². The molecule has 0 radical (unpaired) electrons. The van der Waals surface area contributed by atoms with Gasteiger partial charge in [-0.1, -0.05) is 0 Å². The minimum absolute atomic E-state index is 0.789. The van der Waals surface area contributed by atoms with E-state index in [-0.39, 0.29) is 0 Å². The van der Waals surface area contributed by atoms with Crippen molar-refractivity contribution in [2.24, 2.45) is 11.5 Å². The maximum absolute atomic E-state index is 10.6. The van der Waals surface area contributed by atoms with Gasteiger partial charge in [-0.25, -0.2) is 0 Å². The van der Waals surface area contributed by atoms with E-state index in [4.69, 9.17) is 11.5 Å². The van der Waals surface area contributed by atoms with E-state index in [1.54, 1.807) is 0 Å². The third-order valence-corrected chi connectivity index (χ3v) is 1.34. The van der Waals surface area contributed by atoms with E-state index in [0.29, 0.717) is 0 Å². The maximum atomic E-state index is 10.6. The third-order valence-electron chi connectivity index (χ3n) is 1.34. The lowest BCUT2D eigenvalue weighted by molar-refractivity contribution is -0.147.